The number of phenols is 2. The summed E-state index contributed by atoms with van der Waals surface area (Å²) in [6.45, 7) is 1.94. The van der Waals surface area contributed by atoms with Crippen molar-refractivity contribution in [2.45, 2.75) is 24.4 Å². The van der Waals surface area contributed by atoms with Crippen molar-refractivity contribution in [1.82, 2.24) is 9.97 Å². The molecule has 0 fully saturated rings. The molecule has 0 radical (unpaired) electrons. The number of carbonyl (C=O) groups is 1. The SMILES string of the molecule is CCSc1nc2c(c(=O)[nH]1)C(c1ccc(O)c(O)c1)CC(=O)N2. The molecule has 0 spiro atoms. The molecule has 2 aromatic rings. The summed E-state index contributed by atoms with van der Waals surface area (Å²) in [6.07, 6.45) is 0.0717. The van der Waals surface area contributed by atoms with Crippen LogP contribution in [0, 0.1) is 0 Å². The average molecular weight is 333 g/mol. The third-order valence-corrected chi connectivity index (χ3v) is 4.37. The van der Waals surface area contributed by atoms with E-state index in [2.05, 4.69) is 15.3 Å². The molecule has 1 atom stereocenters. The van der Waals surface area contributed by atoms with Crippen molar-refractivity contribution in [3.63, 3.8) is 0 Å². The Bertz CT molecular complexity index is 834. The third-order valence-electron chi connectivity index (χ3n) is 3.61. The lowest BCUT2D eigenvalue weighted by molar-refractivity contribution is -0.116. The fourth-order valence-electron chi connectivity index (χ4n) is 2.60. The number of aromatic amines is 1. The van der Waals surface area contributed by atoms with Gasteiger partial charge < -0.3 is 20.5 Å². The smallest absolute Gasteiger partial charge is 0.257 e. The molecule has 4 N–H and O–H groups in total. The van der Waals surface area contributed by atoms with Gasteiger partial charge >= 0.3 is 0 Å². The zero-order valence-electron chi connectivity index (χ0n) is 12.3. The van der Waals surface area contributed by atoms with Gasteiger partial charge in [0.2, 0.25) is 5.91 Å². The summed E-state index contributed by atoms with van der Waals surface area (Å²) in [5.74, 6) is -0.333. The predicted octanol–water partition coefficient (Wildman–Crippen LogP) is 1.77. The summed E-state index contributed by atoms with van der Waals surface area (Å²) >= 11 is 1.37. The Labute approximate surface area is 135 Å². The van der Waals surface area contributed by atoms with Crippen LogP contribution in [0.25, 0.3) is 0 Å². The molecule has 1 aliphatic heterocycles. The largest absolute Gasteiger partial charge is 0.504 e. The van der Waals surface area contributed by atoms with E-state index in [1.54, 1.807) is 6.07 Å². The maximum Gasteiger partial charge on any atom is 0.257 e. The van der Waals surface area contributed by atoms with Crippen LogP contribution in [0.3, 0.4) is 0 Å². The maximum absolute atomic E-state index is 12.4. The van der Waals surface area contributed by atoms with Gasteiger partial charge in [-0.05, 0) is 23.4 Å². The van der Waals surface area contributed by atoms with Crippen LogP contribution in [-0.2, 0) is 4.79 Å². The van der Waals surface area contributed by atoms with Crippen LogP contribution in [0.1, 0.15) is 30.4 Å². The van der Waals surface area contributed by atoms with E-state index in [0.717, 1.165) is 5.75 Å². The van der Waals surface area contributed by atoms with E-state index in [1.165, 1.54) is 23.9 Å². The number of rotatable bonds is 3. The maximum atomic E-state index is 12.4. The van der Waals surface area contributed by atoms with Crippen molar-refractivity contribution in [3.05, 3.63) is 39.7 Å². The van der Waals surface area contributed by atoms with Crippen LogP contribution < -0.4 is 10.9 Å². The Hall–Kier alpha value is -2.48. The lowest BCUT2D eigenvalue weighted by atomic mass is 9.86. The van der Waals surface area contributed by atoms with Crippen molar-refractivity contribution in [1.29, 1.82) is 0 Å². The molecule has 0 bridgehead atoms. The Morgan fingerprint density at radius 3 is 2.78 bits per heavy atom. The molecule has 8 heteroatoms. The quantitative estimate of drug-likeness (QED) is 0.386. The molecule has 0 aliphatic carbocycles. The highest BCUT2D eigenvalue weighted by atomic mass is 32.2. The van der Waals surface area contributed by atoms with Crippen molar-refractivity contribution < 1.29 is 15.0 Å². The van der Waals surface area contributed by atoms with Crippen LogP contribution >= 0.6 is 11.8 Å². The second-order valence-corrected chi connectivity index (χ2v) is 6.37. The number of H-pyrrole nitrogens is 1. The standard InChI is InChI=1S/C15H15N3O4S/c1-2-23-15-17-13-12(14(22)18-15)8(6-11(21)16-13)7-3-4-9(19)10(20)5-7/h3-5,8,19-20H,2,6H2,1H3,(H2,16,17,18,21,22). The number of anilines is 1. The number of amides is 1. The van der Waals surface area contributed by atoms with Gasteiger partial charge in [-0.2, -0.15) is 0 Å². The number of nitrogens with zero attached hydrogens (tertiary/aromatic N) is 1. The van der Waals surface area contributed by atoms with Gasteiger partial charge in [0.1, 0.15) is 5.82 Å². The van der Waals surface area contributed by atoms with E-state index in [9.17, 15) is 19.8 Å². The summed E-state index contributed by atoms with van der Waals surface area (Å²) in [5, 5.41) is 22.2. The van der Waals surface area contributed by atoms with E-state index in [0.29, 0.717) is 16.3 Å². The van der Waals surface area contributed by atoms with E-state index in [-0.39, 0.29) is 35.2 Å². The van der Waals surface area contributed by atoms with Crippen LogP contribution in [-0.4, -0.2) is 31.8 Å². The van der Waals surface area contributed by atoms with Crippen molar-refractivity contribution in [3.8, 4) is 11.5 Å². The first kappa shape index (κ1) is 15.4. The summed E-state index contributed by atoms with van der Waals surface area (Å²) in [4.78, 5) is 31.4. The molecule has 3 rings (SSSR count). The molecule has 2 heterocycles. The minimum absolute atomic E-state index is 0.0717. The van der Waals surface area contributed by atoms with Gasteiger partial charge in [0.25, 0.3) is 5.56 Å². The first-order valence-corrected chi connectivity index (χ1v) is 8.07. The molecule has 1 aromatic heterocycles. The van der Waals surface area contributed by atoms with Crippen LogP contribution in [0.5, 0.6) is 11.5 Å². The van der Waals surface area contributed by atoms with Gasteiger partial charge in [0.05, 0.1) is 5.56 Å². The topological polar surface area (TPSA) is 115 Å². The van der Waals surface area contributed by atoms with Gasteiger partial charge in [0, 0.05) is 12.3 Å². The zero-order valence-corrected chi connectivity index (χ0v) is 13.1. The Balaban J connectivity index is 2.13. The van der Waals surface area contributed by atoms with E-state index < -0.39 is 5.92 Å². The fraction of sp³-hybridized carbons (Fsp3) is 0.267. The fourth-order valence-corrected chi connectivity index (χ4v) is 3.19. The number of carbonyl (C=O) groups excluding carboxylic acids is 1. The number of aromatic hydroxyl groups is 2. The minimum Gasteiger partial charge on any atom is -0.504 e. The number of phenolic OH excluding ortho intramolecular Hbond substituents is 2. The molecule has 0 saturated carbocycles. The van der Waals surface area contributed by atoms with E-state index in [1.807, 2.05) is 6.92 Å². The summed E-state index contributed by atoms with van der Waals surface area (Å²) in [5.41, 5.74) is 0.609. The summed E-state index contributed by atoms with van der Waals surface area (Å²) in [7, 11) is 0. The lowest BCUT2D eigenvalue weighted by Crippen LogP contribution is -2.31. The molecule has 0 saturated heterocycles. The number of nitrogens with one attached hydrogen (secondary N) is 2. The third kappa shape index (κ3) is 2.89. The normalized spacial score (nSPS) is 16.7. The van der Waals surface area contributed by atoms with Gasteiger partial charge in [0.15, 0.2) is 16.7 Å². The highest BCUT2D eigenvalue weighted by Gasteiger charge is 2.31. The van der Waals surface area contributed by atoms with Gasteiger partial charge in [-0.1, -0.05) is 24.8 Å². The Kier molecular flexibility index (Phi) is 3.99. The van der Waals surface area contributed by atoms with Crippen LogP contribution in [0.4, 0.5) is 5.82 Å². The Morgan fingerprint density at radius 1 is 1.30 bits per heavy atom. The molecular formula is C15H15N3O4S. The van der Waals surface area contributed by atoms with Crippen molar-refractivity contribution in [2.24, 2.45) is 0 Å². The van der Waals surface area contributed by atoms with Crippen molar-refractivity contribution >= 4 is 23.5 Å². The molecule has 23 heavy (non-hydrogen) atoms. The second kappa shape index (κ2) is 5.96. The van der Waals surface area contributed by atoms with Crippen LogP contribution in [0.2, 0.25) is 0 Å². The predicted molar refractivity (Wildman–Crippen MR) is 86.1 cm³/mol. The van der Waals surface area contributed by atoms with Gasteiger partial charge in [-0.15, -0.1) is 0 Å². The minimum atomic E-state index is -0.526. The molecule has 7 nitrogen and oxygen atoms in total. The highest BCUT2D eigenvalue weighted by molar-refractivity contribution is 7.99. The summed E-state index contributed by atoms with van der Waals surface area (Å²) < 4.78 is 0. The zero-order chi connectivity index (χ0) is 16.6. The number of hydrogen-bond donors (Lipinski definition) is 4. The molecule has 1 aliphatic rings. The molecule has 1 aromatic carbocycles. The lowest BCUT2D eigenvalue weighted by Gasteiger charge is -2.24. The Morgan fingerprint density at radius 2 is 2.09 bits per heavy atom. The van der Waals surface area contributed by atoms with Crippen molar-refractivity contribution in [2.75, 3.05) is 11.1 Å². The second-order valence-electron chi connectivity index (χ2n) is 5.12. The van der Waals surface area contributed by atoms with E-state index in [4.69, 9.17) is 0 Å². The first-order valence-electron chi connectivity index (χ1n) is 7.08. The highest BCUT2D eigenvalue weighted by Crippen LogP contribution is 2.37. The first-order chi connectivity index (χ1) is 11.0. The molecule has 120 valence electrons. The van der Waals surface area contributed by atoms with Gasteiger partial charge in [-0.3, -0.25) is 9.59 Å². The monoisotopic (exact) mass is 333 g/mol. The number of hydrogen-bond acceptors (Lipinski definition) is 6. The number of thioether (sulfide) groups is 1. The van der Waals surface area contributed by atoms with E-state index >= 15 is 0 Å². The average Bonchev–Trinajstić information content (AvgIpc) is 2.49. The number of benzene rings is 1. The van der Waals surface area contributed by atoms with Crippen LogP contribution in [0.15, 0.2) is 28.2 Å². The van der Waals surface area contributed by atoms with Gasteiger partial charge in [-0.25, -0.2) is 4.98 Å². The number of aromatic nitrogens is 2. The summed E-state index contributed by atoms with van der Waals surface area (Å²) in [6, 6.07) is 4.27. The number of fused-ring (bicyclic) bond motifs is 1. The molecular weight excluding hydrogens is 318 g/mol. The molecule has 1 unspecified atom stereocenters. The molecule has 1 amide bonds.